The highest BCUT2D eigenvalue weighted by Crippen LogP contribution is 2.20. The van der Waals surface area contributed by atoms with E-state index in [1.165, 1.54) is 11.2 Å². The number of amides is 1. The number of nitrogens with two attached hydrogens (primary N) is 1. The highest BCUT2D eigenvalue weighted by Gasteiger charge is 2.32. The van der Waals surface area contributed by atoms with Crippen LogP contribution in [0.5, 0.6) is 0 Å². The van der Waals surface area contributed by atoms with Crippen LogP contribution in [-0.2, 0) is 4.79 Å². The van der Waals surface area contributed by atoms with Crippen molar-refractivity contribution >= 4 is 17.4 Å². The SMILES string of the molecule is CN(C)C(=O)C1CNCCN1c1nc[nH]c(=O)c1N. The molecule has 0 aromatic carbocycles. The Labute approximate surface area is 110 Å². The molecule has 8 nitrogen and oxygen atoms in total. The highest BCUT2D eigenvalue weighted by molar-refractivity contribution is 5.86. The third-order valence-electron chi connectivity index (χ3n) is 3.11. The van der Waals surface area contributed by atoms with Gasteiger partial charge in [0.2, 0.25) is 5.91 Å². The minimum absolute atomic E-state index is 0.0426. The molecule has 1 unspecified atom stereocenters. The predicted molar refractivity (Wildman–Crippen MR) is 72.0 cm³/mol. The van der Waals surface area contributed by atoms with E-state index >= 15 is 0 Å². The van der Waals surface area contributed by atoms with Gasteiger partial charge in [0.15, 0.2) is 5.82 Å². The largest absolute Gasteiger partial charge is 0.391 e. The first-order chi connectivity index (χ1) is 9.02. The van der Waals surface area contributed by atoms with E-state index in [9.17, 15) is 9.59 Å². The van der Waals surface area contributed by atoms with Gasteiger partial charge in [-0.15, -0.1) is 0 Å². The predicted octanol–water partition coefficient (Wildman–Crippen LogP) is -1.78. The van der Waals surface area contributed by atoms with Gasteiger partial charge in [-0.25, -0.2) is 4.98 Å². The zero-order valence-corrected chi connectivity index (χ0v) is 11.0. The second-order valence-electron chi connectivity index (χ2n) is 4.61. The normalized spacial score (nSPS) is 19.3. The van der Waals surface area contributed by atoms with Crippen molar-refractivity contribution in [1.82, 2.24) is 20.2 Å². The summed E-state index contributed by atoms with van der Waals surface area (Å²) in [6, 6.07) is -0.402. The van der Waals surface area contributed by atoms with Gasteiger partial charge in [0, 0.05) is 33.7 Å². The Morgan fingerprint density at radius 3 is 3.00 bits per heavy atom. The van der Waals surface area contributed by atoms with Crippen molar-refractivity contribution in [2.24, 2.45) is 0 Å². The lowest BCUT2D eigenvalue weighted by atomic mass is 10.1. The number of nitrogen functional groups attached to an aromatic ring is 1. The monoisotopic (exact) mass is 266 g/mol. The highest BCUT2D eigenvalue weighted by atomic mass is 16.2. The van der Waals surface area contributed by atoms with E-state index in [0.717, 1.165) is 0 Å². The first-order valence-corrected chi connectivity index (χ1v) is 6.04. The maximum atomic E-state index is 12.2. The van der Waals surface area contributed by atoms with Crippen molar-refractivity contribution in [2.75, 3.05) is 44.4 Å². The molecule has 8 heteroatoms. The molecular weight excluding hydrogens is 248 g/mol. The molecule has 0 bridgehead atoms. The van der Waals surface area contributed by atoms with E-state index in [1.54, 1.807) is 19.0 Å². The number of nitrogens with one attached hydrogen (secondary N) is 2. The zero-order valence-electron chi connectivity index (χ0n) is 11.0. The molecule has 1 aliphatic rings. The summed E-state index contributed by atoms with van der Waals surface area (Å²) in [6.45, 7) is 1.79. The zero-order chi connectivity index (χ0) is 14.0. The summed E-state index contributed by atoms with van der Waals surface area (Å²) in [5, 5.41) is 3.16. The average molecular weight is 266 g/mol. The van der Waals surface area contributed by atoms with E-state index in [4.69, 9.17) is 5.73 Å². The van der Waals surface area contributed by atoms with Gasteiger partial charge in [0.1, 0.15) is 11.7 Å². The van der Waals surface area contributed by atoms with E-state index in [2.05, 4.69) is 15.3 Å². The second kappa shape index (κ2) is 5.27. The quantitative estimate of drug-likeness (QED) is 0.584. The minimum Gasteiger partial charge on any atom is -0.391 e. The lowest BCUT2D eigenvalue weighted by Gasteiger charge is -2.37. The fraction of sp³-hybridized carbons (Fsp3) is 0.545. The molecule has 0 saturated carbocycles. The van der Waals surface area contributed by atoms with Crippen LogP contribution in [0.2, 0.25) is 0 Å². The molecule has 0 aliphatic carbocycles. The van der Waals surface area contributed by atoms with Crippen LogP contribution >= 0.6 is 0 Å². The van der Waals surface area contributed by atoms with Crippen molar-refractivity contribution in [3.05, 3.63) is 16.7 Å². The molecule has 0 radical (unpaired) electrons. The molecular formula is C11H18N6O2. The summed E-state index contributed by atoms with van der Waals surface area (Å²) in [7, 11) is 3.40. The number of hydrogen-bond donors (Lipinski definition) is 3. The first kappa shape index (κ1) is 13.3. The van der Waals surface area contributed by atoms with Crippen molar-refractivity contribution in [3.8, 4) is 0 Å². The van der Waals surface area contributed by atoms with Gasteiger partial charge in [-0.2, -0.15) is 0 Å². The molecule has 1 amide bonds. The smallest absolute Gasteiger partial charge is 0.276 e. The molecule has 2 heterocycles. The maximum absolute atomic E-state index is 12.2. The summed E-state index contributed by atoms with van der Waals surface area (Å²) in [6.07, 6.45) is 1.30. The Balaban J connectivity index is 2.37. The maximum Gasteiger partial charge on any atom is 0.276 e. The number of carbonyl (C=O) groups is 1. The molecule has 19 heavy (non-hydrogen) atoms. The standard InChI is InChI=1S/C11H18N6O2/c1-16(2)11(19)7-5-13-3-4-17(7)9-8(12)10(18)15-6-14-9/h6-7,13H,3-5,12H2,1-2H3,(H,14,15,18). The number of hydrogen-bond acceptors (Lipinski definition) is 6. The van der Waals surface area contributed by atoms with Gasteiger partial charge in [-0.3, -0.25) is 9.59 Å². The number of H-pyrrole nitrogens is 1. The average Bonchev–Trinajstić information content (AvgIpc) is 2.41. The molecule has 4 N–H and O–H groups in total. The number of nitrogens with zero attached hydrogens (tertiary/aromatic N) is 3. The Morgan fingerprint density at radius 2 is 2.32 bits per heavy atom. The summed E-state index contributed by atoms with van der Waals surface area (Å²) in [4.78, 5) is 33.5. The van der Waals surface area contributed by atoms with Gasteiger partial charge in [0.05, 0.1) is 6.33 Å². The number of anilines is 2. The molecule has 0 spiro atoms. The second-order valence-corrected chi connectivity index (χ2v) is 4.61. The molecule has 1 atom stereocenters. The molecule has 104 valence electrons. The van der Waals surface area contributed by atoms with Crippen molar-refractivity contribution in [3.63, 3.8) is 0 Å². The van der Waals surface area contributed by atoms with Crippen LogP contribution in [0, 0.1) is 0 Å². The molecule has 1 fully saturated rings. The summed E-state index contributed by atoms with van der Waals surface area (Å²) in [5.74, 6) is 0.319. The van der Waals surface area contributed by atoms with Crippen LogP contribution in [0.3, 0.4) is 0 Å². The lowest BCUT2D eigenvalue weighted by molar-refractivity contribution is -0.130. The van der Waals surface area contributed by atoms with Gasteiger partial charge in [-0.1, -0.05) is 0 Å². The first-order valence-electron chi connectivity index (χ1n) is 6.04. The van der Waals surface area contributed by atoms with Crippen LogP contribution in [0.4, 0.5) is 11.5 Å². The number of piperazine rings is 1. The summed E-state index contributed by atoms with van der Waals surface area (Å²) >= 11 is 0. The topological polar surface area (TPSA) is 107 Å². The Morgan fingerprint density at radius 1 is 1.58 bits per heavy atom. The van der Waals surface area contributed by atoms with Crippen LogP contribution in [0.25, 0.3) is 0 Å². The van der Waals surface area contributed by atoms with E-state index in [-0.39, 0.29) is 17.2 Å². The van der Waals surface area contributed by atoms with Crippen molar-refractivity contribution in [2.45, 2.75) is 6.04 Å². The number of rotatable bonds is 2. The van der Waals surface area contributed by atoms with Crippen LogP contribution in [0.15, 0.2) is 11.1 Å². The minimum atomic E-state index is -0.402. The van der Waals surface area contributed by atoms with E-state index in [0.29, 0.717) is 25.5 Å². The Hall–Kier alpha value is -2.09. The fourth-order valence-electron chi connectivity index (χ4n) is 2.11. The summed E-state index contributed by atoms with van der Waals surface area (Å²) in [5.41, 5.74) is 5.41. The molecule has 1 saturated heterocycles. The molecule has 1 aromatic heterocycles. The number of aromatic nitrogens is 2. The van der Waals surface area contributed by atoms with Gasteiger partial charge in [-0.05, 0) is 0 Å². The lowest BCUT2D eigenvalue weighted by Crippen LogP contribution is -2.58. The molecule has 1 aromatic rings. The van der Waals surface area contributed by atoms with Crippen molar-refractivity contribution < 1.29 is 4.79 Å². The molecule has 2 rings (SSSR count). The third-order valence-corrected chi connectivity index (χ3v) is 3.11. The van der Waals surface area contributed by atoms with Gasteiger partial charge >= 0.3 is 0 Å². The molecule has 1 aliphatic heterocycles. The number of carbonyl (C=O) groups excluding carboxylic acids is 1. The summed E-state index contributed by atoms with van der Waals surface area (Å²) < 4.78 is 0. The van der Waals surface area contributed by atoms with Gasteiger partial charge < -0.3 is 25.8 Å². The Bertz CT molecular complexity index is 526. The Kier molecular flexibility index (Phi) is 3.70. The fourth-order valence-corrected chi connectivity index (χ4v) is 2.11. The van der Waals surface area contributed by atoms with E-state index < -0.39 is 6.04 Å². The van der Waals surface area contributed by atoms with Gasteiger partial charge in [0.25, 0.3) is 5.56 Å². The number of likely N-dealkylation sites (N-methyl/N-ethyl adjacent to an activating group) is 1. The van der Waals surface area contributed by atoms with Crippen molar-refractivity contribution in [1.29, 1.82) is 0 Å². The third kappa shape index (κ3) is 2.53. The van der Waals surface area contributed by atoms with Crippen LogP contribution in [0.1, 0.15) is 0 Å². The van der Waals surface area contributed by atoms with Crippen LogP contribution < -0.4 is 21.5 Å². The number of aromatic amines is 1. The van der Waals surface area contributed by atoms with Crippen LogP contribution in [-0.4, -0.2) is 60.5 Å². The van der Waals surface area contributed by atoms with E-state index in [1.807, 2.05) is 0 Å².